The van der Waals surface area contributed by atoms with E-state index in [0.717, 1.165) is 28.4 Å². The topological polar surface area (TPSA) is 445 Å². The van der Waals surface area contributed by atoms with Crippen molar-refractivity contribution in [2.45, 2.75) is 129 Å². The molecule has 424 valence electrons. The van der Waals surface area contributed by atoms with Gasteiger partial charge in [0.15, 0.2) is 18.9 Å². The molecule has 3 fully saturated rings. The molecule has 3 aromatic carbocycles. The van der Waals surface area contributed by atoms with Crippen molar-refractivity contribution in [2.24, 2.45) is 0 Å². The van der Waals surface area contributed by atoms with Crippen LogP contribution in [0.3, 0.4) is 0 Å². The Morgan fingerprint density at radius 2 is 1.34 bits per heavy atom. The molecule has 4 heterocycles. The number of aromatic nitrogens is 1. The Morgan fingerprint density at radius 1 is 0.711 bits per heavy atom. The molecular weight excluding hydrogens is 1030 g/mol. The van der Waals surface area contributed by atoms with Gasteiger partial charge in [-0.1, -0.05) is 30.3 Å². The van der Waals surface area contributed by atoms with Gasteiger partial charge in [-0.3, -0.25) is 4.72 Å². The summed E-state index contributed by atoms with van der Waals surface area (Å²) in [6.07, 6.45) is -26.5. The molecule has 0 radical (unpaired) electrons. The number of phenolic OH excluding ortho intramolecular Hbond substituents is 1. The SMILES string of the molecule is CS(=O)(=O)Nc1cc([C@@H](O)CNCCOc2ccc3c(c2)[nH]c2ccccc23)ccc1O.C[C@H]1O[C@H](O[C@H]2[C@H](O)[C@@H](O)[C@@H](O[C@H]3[C@H](O)[C@@H](O)C(O)O[C@@H]3CO)O[C@@H]2CO)[C@H](O)[C@@H](O)[C@@H]1N[C@H]1C=C(CO)[C@@H](O)[C@H](O)[C@H]1O. The van der Waals surface area contributed by atoms with Crippen LogP contribution in [0, 0.1) is 0 Å². The Bertz CT molecular complexity index is 2660. The first kappa shape index (κ1) is 59.4. The minimum Gasteiger partial charge on any atom is -0.506 e. The summed E-state index contributed by atoms with van der Waals surface area (Å²) < 4.78 is 58.2. The van der Waals surface area contributed by atoms with Gasteiger partial charge >= 0.3 is 0 Å². The first-order valence-electron chi connectivity index (χ1n) is 24.3. The van der Waals surface area contributed by atoms with E-state index in [4.69, 9.17) is 28.4 Å². The van der Waals surface area contributed by atoms with Crippen LogP contribution in [0.5, 0.6) is 11.5 Å². The van der Waals surface area contributed by atoms with Gasteiger partial charge in [0.2, 0.25) is 10.0 Å². The number of aromatic hydroxyl groups is 1. The van der Waals surface area contributed by atoms with Crippen LogP contribution in [0.25, 0.3) is 21.8 Å². The van der Waals surface area contributed by atoms with Crippen molar-refractivity contribution < 1.29 is 113 Å². The van der Waals surface area contributed by atoms with Crippen LogP contribution in [0.1, 0.15) is 18.6 Å². The van der Waals surface area contributed by atoms with Gasteiger partial charge in [-0.25, -0.2) is 8.42 Å². The van der Waals surface area contributed by atoms with E-state index in [1.165, 1.54) is 30.5 Å². The summed E-state index contributed by atoms with van der Waals surface area (Å²) in [5.41, 5.74) is 2.62. The van der Waals surface area contributed by atoms with E-state index < -0.39 is 152 Å². The molecule has 20 atom stereocenters. The minimum atomic E-state index is -3.54. The largest absolute Gasteiger partial charge is 0.506 e. The second kappa shape index (κ2) is 25.7. The van der Waals surface area contributed by atoms with Gasteiger partial charge in [-0.15, -0.1) is 0 Å². The van der Waals surface area contributed by atoms with Gasteiger partial charge in [0.05, 0.1) is 61.6 Å². The van der Waals surface area contributed by atoms with Crippen molar-refractivity contribution in [3.8, 4) is 11.5 Å². The molecule has 1 aromatic heterocycles. The van der Waals surface area contributed by atoms with Crippen molar-refractivity contribution in [1.29, 1.82) is 0 Å². The van der Waals surface area contributed by atoms with Gasteiger partial charge in [-0.05, 0) is 48.4 Å². The first-order chi connectivity index (χ1) is 36.0. The van der Waals surface area contributed by atoms with Gasteiger partial charge in [-0.2, -0.15) is 0 Å². The zero-order valence-corrected chi connectivity index (χ0v) is 41.8. The van der Waals surface area contributed by atoms with E-state index in [0.29, 0.717) is 18.7 Å². The van der Waals surface area contributed by atoms with Gasteiger partial charge in [0, 0.05) is 35.4 Å². The van der Waals surface area contributed by atoms with Crippen molar-refractivity contribution >= 4 is 37.5 Å². The number of fused-ring (bicyclic) bond motifs is 3. The van der Waals surface area contributed by atoms with E-state index in [-0.39, 0.29) is 23.6 Å². The van der Waals surface area contributed by atoms with Crippen molar-refractivity contribution in [3.63, 3.8) is 0 Å². The summed E-state index contributed by atoms with van der Waals surface area (Å²) in [7, 11) is -3.54. The molecule has 8 rings (SSSR count). The second-order valence-corrected chi connectivity index (χ2v) is 20.7. The van der Waals surface area contributed by atoms with E-state index >= 15 is 0 Å². The number of sulfonamides is 1. The Labute approximate surface area is 434 Å². The number of ether oxygens (including phenoxy) is 6. The van der Waals surface area contributed by atoms with E-state index in [1.807, 2.05) is 36.4 Å². The molecule has 0 amide bonds. The molecule has 1 aliphatic carbocycles. The first-order valence-corrected chi connectivity index (χ1v) is 26.1. The molecule has 28 heteroatoms. The van der Waals surface area contributed by atoms with Crippen LogP contribution >= 0.6 is 0 Å². The highest BCUT2D eigenvalue weighted by molar-refractivity contribution is 7.92. The number of nitrogens with one attached hydrogen (secondary N) is 4. The fraction of sp³-hybridized carbons (Fsp3) is 0.583. The fourth-order valence-electron chi connectivity index (χ4n) is 9.38. The number of phenols is 1. The maximum atomic E-state index is 11.4. The molecule has 3 saturated heterocycles. The lowest BCUT2D eigenvalue weighted by molar-refractivity contribution is -0.373. The van der Waals surface area contributed by atoms with Crippen molar-refractivity contribution in [1.82, 2.24) is 15.6 Å². The fourth-order valence-corrected chi connectivity index (χ4v) is 9.94. The molecule has 4 aliphatic rings. The van der Waals surface area contributed by atoms with E-state index in [1.54, 1.807) is 6.07 Å². The Hall–Kier alpha value is -4.29. The molecule has 1 unspecified atom stereocenters. The average molecular weight is 1100 g/mol. The molecule has 3 aliphatic heterocycles. The Kier molecular flexibility index (Phi) is 20.0. The number of hydrogen-bond acceptors (Lipinski definition) is 25. The maximum Gasteiger partial charge on any atom is 0.229 e. The monoisotopic (exact) mass is 1100 g/mol. The lowest BCUT2D eigenvalue weighted by atomic mass is 9.86. The highest BCUT2D eigenvalue weighted by atomic mass is 32.2. The van der Waals surface area contributed by atoms with E-state index in [9.17, 15) is 85.0 Å². The highest BCUT2D eigenvalue weighted by Crippen LogP contribution is 2.34. The summed E-state index contributed by atoms with van der Waals surface area (Å²) in [6.45, 7) is 0.410. The third-order valence-corrected chi connectivity index (χ3v) is 14.1. The van der Waals surface area contributed by atoms with Crippen LogP contribution in [0.15, 0.2) is 72.3 Å². The lowest BCUT2D eigenvalue weighted by Gasteiger charge is -2.48. The number of para-hydroxylation sites is 1. The third kappa shape index (κ3) is 13.6. The number of benzene rings is 3. The summed E-state index contributed by atoms with van der Waals surface area (Å²) in [5.74, 6) is 0.543. The normalized spacial score (nSPS) is 35.5. The van der Waals surface area contributed by atoms with Crippen molar-refractivity contribution in [3.05, 3.63) is 77.9 Å². The summed E-state index contributed by atoms with van der Waals surface area (Å²) in [6, 6.07) is 16.2. The van der Waals surface area contributed by atoms with Crippen LogP contribution < -0.4 is 20.1 Å². The van der Waals surface area contributed by atoms with Crippen LogP contribution in [-0.2, 0) is 33.7 Å². The molecule has 0 saturated carbocycles. The van der Waals surface area contributed by atoms with E-state index in [2.05, 4.69) is 26.4 Å². The summed E-state index contributed by atoms with van der Waals surface area (Å²) in [5, 5.41) is 161. The predicted octanol–water partition coefficient (Wildman–Crippen LogP) is -5.46. The molecular formula is C48H68N4O23S. The number of aliphatic hydroxyl groups is 14. The highest BCUT2D eigenvalue weighted by Gasteiger charge is 2.53. The van der Waals surface area contributed by atoms with Crippen molar-refractivity contribution in [2.75, 3.05) is 50.5 Å². The smallest absolute Gasteiger partial charge is 0.229 e. The zero-order chi connectivity index (χ0) is 55.3. The molecule has 27 nitrogen and oxygen atoms in total. The van der Waals surface area contributed by atoms with Gasteiger partial charge < -0.3 is 121 Å². The molecule has 4 aromatic rings. The predicted molar refractivity (Wildman–Crippen MR) is 263 cm³/mol. The van der Waals surface area contributed by atoms with Crippen LogP contribution in [0.4, 0.5) is 5.69 Å². The summed E-state index contributed by atoms with van der Waals surface area (Å²) in [4.78, 5) is 3.39. The average Bonchev–Trinajstić information content (AvgIpc) is 3.77. The quantitative estimate of drug-likeness (QED) is 0.0251. The molecule has 0 spiro atoms. The Morgan fingerprint density at radius 3 is 2.01 bits per heavy atom. The standard InChI is InChI=1S/C25H43NO18.C23H25N3O5S/c1-6-11(26-8-2-7(3-27)12(30)15(33)13(8)31)14(32)19(37)24(40-6)43-22-10(5-29)42-25(20(38)17(22)35)44-21-9(4-28)41-23(39)18(36)16(21)34;1-32(29,30)26-21-12-15(6-9-22(21)27)23(28)14-24-10-11-31-16-7-8-18-17-4-2-3-5-19(17)25-20(18)13-16/h2,6,8-39H,3-5H2,1H3;2-9,12-13,23-28H,10-11,14H2,1H3/t6-,8+,9-,10-,11-,12-,13+,14+,15+,16-,17-,18-,19-,20-,21-,22-,23?,24-,25-;23-/m10/s1. The molecule has 19 N–H and O–H groups in total. The summed E-state index contributed by atoms with van der Waals surface area (Å²) >= 11 is 0. The number of aliphatic hydroxyl groups excluding tert-OH is 14. The third-order valence-electron chi connectivity index (χ3n) is 13.5. The number of hydrogen-bond donors (Lipinski definition) is 19. The zero-order valence-electron chi connectivity index (χ0n) is 41.0. The Balaban J connectivity index is 0.000000232. The maximum absolute atomic E-state index is 11.4. The van der Waals surface area contributed by atoms with Crippen LogP contribution in [-0.4, -0.2) is 252 Å². The number of aromatic amines is 1. The number of rotatable bonds is 18. The second-order valence-electron chi connectivity index (χ2n) is 19.0. The number of anilines is 1. The minimum absolute atomic E-state index is 0.0225. The number of H-pyrrole nitrogens is 1. The molecule has 76 heavy (non-hydrogen) atoms. The van der Waals surface area contributed by atoms with Crippen LogP contribution in [0.2, 0.25) is 0 Å². The lowest BCUT2D eigenvalue weighted by Crippen LogP contribution is -2.68. The van der Waals surface area contributed by atoms with Gasteiger partial charge in [0.25, 0.3) is 0 Å². The van der Waals surface area contributed by atoms with Gasteiger partial charge in [0.1, 0.15) is 97.5 Å². The molecule has 0 bridgehead atoms.